The molecule has 0 aliphatic carbocycles. The zero-order valence-electron chi connectivity index (χ0n) is 24.5. The van der Waals surface area contributed by atoms with Crippen molar-refractivity contribution in [2.75, 3.05) is 59.5 Å². The first-order chi connectivity index (χ1) is 20.6. The van der Waals surface area contributed by atoms with E-state index in [1.807, 2.05) is 71.6 Å². The second kappa shape index (κ2) is 13.2. The predicted molar refractivity (Wildman–Crippen MR) is 168 cm³/mol. The third-order valence-electron chi connectivity index (χ3n) is 7.52. The number of hydrogen-bond donors (Lipinski definition) is 0. The van der Waals surface area contributed by atoms with E-state index in [2.05, 4.69) is 35.2 Å². The molecular formula is C35H36N2O5. The van der Waals surface area contributed by atoms with Gasteiger partial charge in [-0.2, -0.15) is 0 Å². The smallest absolute Gasteiger partial charge is 0.254 e. The molecule has 5 rings (SSSR count). The Hall–Kier alpha value is -4.91. The highest BCUT2D eigenvalue weighted by Gasteiger charge is 2.26. The molecule has 0 aromatic heterocycles. The number of piperazine rings is 1. The highest BCUT2D eigenvalue weighted by Crippen LogP contribution is 2.39. The number of para-hydroxylation sites is 2. The van der Waals surface area contributed by atoms with E-state index >= 15 is 0 Å². The highest BCUT2D eigenvalue weighted by atomic mass is 16.5. The van der Waals surface area contributed by atoms with E-state index < -0.39 is 0 Å². The van der Waals surface area contributed by atoms with Crippen molar-refractivity contribution in [2.24, 2.45) is 0 Å². The lowest BCUT2D eigenvalue weighted by molar-refractivity contribution is -0.125. The zero-order chi connectivity index (χ0) is 29.5. The van der Waals surface area contributed by atoms with Crippen LogP contribution in [0.5, 0.6) is 23.0 Å². The second-order valence-electron chi connectivity index (χ2n) is 9.91. The molecule has 1 fully saturated rings. The molecule has 0 radical (unpaired) electrons. The number of benzene rings is 4. The Morgan fingerprint density at radius 1 is 0.643 bits per heavy atom. The van der Waals surface area contributed by atoms with Gasteiger partial charge in [-0.1, -0.05) is 66.7 Å². The minimum atomic E-state index is -0.0316. The molecule has 0 atom stereocenters. The lowest BCUT2D eigenvalue weighted by atomic mass is 9.97. The summed E-state index contributed by atoms with van der Waals surface area (Å²) >= 11 is 0. The van der Waals surface area contributed by atoms with Crippen molar-refractivity contribution in [2.45, 2.75) is 0 Å². The Morgan fingerprint density at radius 2 is 1.21 bits per heavy atom. The van der Waals surface area contributed by atoms with Crippen molar-refractivity contribution in [1.82, 2.24) is 4.90 Å². The molecule has 1 aliphatic heterocycles. The van der Waals surface area contributed by atoms with E-state index in [9.17, 15) is 4.79 Å². The van der Waals surface area contributed by atoms with Crippen molar-refractivity contribution in [3.05, 3.63) is 102 Å². The summed E-state index contributed by atoms with van der Waals surface area (Å²) in [6.45, 7) is 2.59. The Bertz CT molecular complexity index is 1520. The van der Waals surface area contributed by atoms with Crippen LogP contribution in [0.2, 0.25) is 0 Å². The quantitative estimate of drug-likeness (QED) is 0.176. The van der Waals surface area contributed by atoms with Crippen LogP contribution in [0.25, 0.3) is 22.8 Å². The van der Waals surface area contributed by atoms with Crippen molar-refractivity contribution < 1.29 is 23.7 Å². The van der Waals surface area contributed by atoms with Gasteiger partial charge >= 0.3 is 0 Å². The van der Waals surface area contributed by atoms with Crippen LogP contribution < -0.4 is 23.8 Å². The van der Waals surface area contributed by atoms with Crippen LogP contribution in [0, 0.1) is 0 Å². The molecule has 1 heterocycles. The molecule has 0 saturated carbocycles. The molecule has 4 aromatic rings. The van der Waals surface area contributed by atoms with Crippen LogP contribution in [0.3, 0.4) is 0 Å². The number of amides is 1. The normalized spacial score (nSPS) is 13.5. The molecule has 4 aromatic carbocycles. The van der Waals surface area contributed by atoms with Gasteiger partial charge in [0.1, 0.15) is 5.75 Å². The summed E-state index contributed by atoms with van der Waals surface area (Å²) in [6.07, 6.45) is 1.90. The number of carbonyl (C=O) groups is 1. The van der Waals surface area contributed by atoms with Crippen LogP contribution in [0.4, 0.5) is 5.69 Å². The van der Waals surface area contributed by atoms with Crippen LogP contribution in [0.1, 0.15) is 11.1 Å². The van der Waals surface area contributed by atoms with Gasteiger partial charge in [-0.3, -0.25) is 4.79 Å². The summed E-state index contributed by atoms with van der Waals surface area (Å²) in [5.74, 6) is 2.36. The topological polar surface area (TPSA) is 60.5 Å². The van der Waals surface area contributed by atoms with Crippen molar-refractivity contribution >= 4 is 23.2 Å². The Labute approximate surface area is 247 Å². The Morgan fingerprint density at radius 3 is 1.81 bits per heavy atom. The standard InChI is InChI=1S/C35H36N2O5/c1-39-31-13-9-8-12-30(31)36-18-20-37(21-19-36)35(38)29(22-25-23-32(40-2)34(42-4)33(24-25)41-3)28-16-14-27(15-17-28)26-10-6-5-7-11-26/h5-17,22-24H,18-21H2,1-4H3. The lowest BCUT2D eigenvalue weighted by Crippen LogP contribution is -2.49. The number of ether oxygens (including phenoxy) is 4. The number of anilines is 1. The van der Waals surface area contributed by atoms with Crippen LogP contribution in [-0.2, 0) is 4.79 Å². The van der Waals surface area contributed by atoms with E-state index in [1.54, 1.807) is 28.4 Å². The highest BCUT2D eigenvalue weighted by molar-refractivity contribution is 6.24. The average molecular weight is 565 g/mol. The summed E-state index contributed by atoms with van der Waals surface area (Å²) < 4.78 is 22.2. The van der Waals surface area contributed by atoms with Crippen LogP contribution in [0.15, 0.2) is 91.0 Å². The fourth-order valence-corrected chi connectivity index (χ4v) is 5.30. The maximum atomic E-state index is 14.2. The monoisotopic (exact) mass is 564 g/mol. The molecule has 7 nitrogen and oxygen atoms in total. The molecule has 216 valence electrons. The molecule has 1 amide bonds. The summed E-state index contributed by atoms with van der Waals surface area (Å²) in [5, 5.41) is 0. The van der Waals surface area contributed by atoms with Gasteiger partial charge in [-0.05, 0) is 52.6 Å². The summed E-state index contributed by atoms with van der Waals surface area (Å²) in [5.41, 5.74) is 5.45. The van der Waals surface area contributed by atoms with E-state index in [0.29, 0.717) is 49.0 Å². The number of carbonyl (C=O) groups excluding carboxylic acids is 1. The largest absolute Gasteiger partial charge is 0.495 e. The van der Waals surface area contributed by atoms with Gasteiger partial charge in [0, 0.05) is 31.8 Å². The number of methoxy groups -OCH3 is 4. The first-order valence-electron chi connectivity index (χ1n) is 13.9. The fourth-order valence-electron chi connectivity index (χ4n) is 5.30. The Kier molecular flexibility index (Phi) is 8.97. The van der Waals surface area contributed by atoms with Gasteiger partial charge in [-0.15, -0.1) is 0 Å². The van der Waals surface area contributed by atoms with Gasteiger partial charge in [0.25, 0.3) is 5.91 Å². The average Bonchev–Trinajstić information content (AvgIpc) is 3.06. The SMILES string of the molecule is COc1ccccc1N1CCN(C(=O)C(=Cc2cc(OC)c(OC)c(OC)c2)c2ccc(-c3ccccc3)cc2)CC1. The lowest BCUT2D eigenvalue weighted by Gasteiger charge is -2.37. The van der Waals surface area contributed by atoms with Gasteiger partial charge in [0.2, 0.25) is 5.75 Å². The van der Waals surface area contributed by atoms with E-state index in [1.165, 1.54) is 0 Å². The molecule has 0 bridgehead atoms. The zero-order valence-corrected chi connectivity index (χ0v) is 24.5. The van der Waals surface area contributed by atoms with Gasteiger partial charge < -0.3 is 28.7 Å². The molecule has 1 aliphatic rings. The van der Waals surface area contributed by atoms with E-state index in [-0.39, 0.29) is 5.91 Å². The molecule has 42 heavy (non-hydrogen) atoms. The minimum Gasteiger partial charge on any atom is -0.495 e. The van der Waals surface area contributed by atoms with Crippen molar-refractivity contribution in [3.8, 4) is 34.1 Å². The molecular weight excluding hydrogens is 528 g/mol. The number of nitrogens with zero attached hydrogens (tertiary/aromatic N) is 2. The van der Waals surface area contributed by atoms with Gasteiger partial charge in [0.05, 0.1) is 34.1 Å². The first kappa shape index (κ1) is 28.6. The van der Waals surface area contributed by atoms with Crippen molar-refractivity contribution in [3.63, 3.8) is 0 Å². The maximum Gasteiger partial charge on any atom is 0.254 e. The third kappa shape index (κ3) is 6.05. The van der Waals surface area contributed by atoms with Crippen LogP contribution >= 0.6 is 0 Å². The fraction of sp³-hybridized carbons (Fsp3) is 0.229. The summed E-state index contributed by atoms with van der Waals surface area (Å²) in [4.78, 5) is 18.4. The van der Waals surface area contributed by atoms with Crippen LogP contribution in [-0.4, -0.2) is 65.4 Å². The number of rotatable bonds is 9. The third-order valence-corrected chi connectivity index (χ3v) is 7.52. The molecule has 1 saturated heterocycles. The molecule has 0 spiro atoms. The summed E-state index contributed by atoms with van der Waals surface area (Å²) in [7, 11) is 6.42. The summed E-state index contributed by atoms with van der Waals surface area (Å²) in [6, 6.07) is 30.0. The minimum absolute atomic E-state index is 0.0316. The Balaban J connectivity index is 1.48. The second-order valence-corrected chi connectivity index (χ2v) is 9.91. The maximum absolute atomic E-state index is 14.2. The number of hydrogen-bond acceptors (Lipinski definition) is 6. The van der Waals surface area contributed by atoms with E-state index in [4.69, 9.17) is 18.9 Å². The first-order valence-corrected chi connectivity index (χ1v) is 13.9. The van der Waals surface area contributed by atoms with Gasteiger partial charge in [0.15, 0.2) is 11.5 Å². The van der Waals surface area contributed by atoms with E-state index in [0.717, 1.165) is 33.7 Å². The van der Waals surface area contributed by atoms with Gasteiger partial charge in [-0.25, -0.2) is 0 Å². The van der Waals surface area contributed by atoms with Crippen molar-refractivity contribution in [1.29, 1.82) is 0 Å². The molecule has 0 unspecified atom stereocenters. The predicted octanol–water partition coefficient (Wildman–Crippen LogP) is 6.28. The molecule has 7 heteroatoms. The molecule has 0 N–H and O–H groups in total.